The fourth-order valence-electron chi connectivity index (χ4n) is 4.17. The molecule has 2 unspecified atom stereocenters. The molecule has 6 heteroatoms. The lowest BCUT2D eigenvalue weighted by molar-refractivity contribution is -0.194. The van der Waals surface area contributed by atoms with Crippen molar-refractivity contribution in [3.63, 3.8) is 0 Å². The van der Waals surface area contributed by atoms with Gasteiger partial charge >= 0.3 is 0 Å². The first-order valence-electron chi connectivity index (χ1n) is 10.1. The number of nitrogens with zero attached hydrogens (tertiary/aromatic N) is 2. The van der Waals surface area contributed by atoms with Crippen LogP contribution in [0.2, 0.25) is 0 Å². The number of rotatable bonds is 7. The van der Waals surface area contributed by atoms with Crippen molar-refractivity contribution in [1.82, 2.24) is 20.7 Å². The maximum atomic E-state index is 5.13. The average molecular weight is 370 g/mol. The van der Waals surface area contributed by atoms with Crippen molar-refractivity contribution in [2.45, 2.75) is 38.5 Å². The van der Waals surface area contributed by atoms with Crippen LogP contribution in [0.15, 0.2) is 42.6 Å². The average Bonchev–Trinajstić information content (AvgIpc) is 3.17. The second-order valence-corrected chi connectivity index (χ2v) is 7.33. The van der Waals surface area contributed by atoms with E-state index in [4.69, 9.17) is 9.78 Å². The largest absolute Gasteiger partial charge is 0.337 e. The summed E-state index contributed by atoms with van der Waals surface area (Å²) < 4.78 is 0. The van der Waals surface area contributed by atoms with Gasteiger partial charge in [-0.25, -0.2) is 5.43 Å². The van der Waals surface area contributed by atoms with E-state index in [1.165, 1.54) is 5.56 Å². The molecule has 3 aliphatic heterocycles. The third kappa shape index (κ3) is 4.35. The molecule has 0 saturated carbocycles. The lowest BCUT2D eigenvalue weighted by Crippen LogP contribution is -2.61. The quantitative estimate of drug-likeness (QED) is 0.716. The van der Waals surface area contributed by atoms with Crippen LogP contribution in [-0.2, 0) is 17.9 Å². The van der Waals surface area contributed by atoms with E-state index in [1.807, 2.05) is 6.07 Å². The Kier molecular flexibility index (Phi) is 6.09. The van der Waals surface area contributed by atoms with E-state index in [0.29, 0.717) is 18.7 Å². The van der Waals surface area contributed by atoms with Crippen molar-refractivity contribution in [2.75, 3.05) is 32.7 Å². The summed E-state index contributed by atoms with van der Waals surface area (Å²) in [5.41, 5.74) is 6.00. The zero-order valence-corrected chi connectivity index (χ0v) is 16.1. The highest BCUT2D eigenvalue weighted by Gasteiger charge is 2.31. The lowest BCUT2D eigenvalue weighted by Gasteiger charge is -2.44. The number of benzene rings is 1. The van der Waals surface area contributed by atoms with E-state index in [-0.39, 0.29) is 0 Å². The minimum absolute atomic E-state index is 0.358. The number of fused-ring (bicyclic) bond motifs is 1. The summed E-state index contributed by atoms with van der Waals surface area (Å²) in [5.74, 6) is 0.863. The van der Waals surface area contributed by atoms with Crippen LogP contribution in [0.25, 0.3) is 0 Å². The summed E-state index contributed by atoms with van der Waals surface area (Å²) >= 11 is 0. The number of hydrogen-bond donors (Lipinski definition) is 2. The molecule has 0 amide bonds. The Morgan fingerprint density at radius 1 is 1.30 bits per heavy atom. The summed E-state index contributed by atoms with van der Waals surface area (Å²) in [5, 5.41) is 5.83. The van der Waals surface area contributed by atoms with Gasteiger partial charge in [0.15, 0.2) is 5.75 Å². The van der Waals surface area contributed by atoms with Crippen LogP contribution < -0.4 is 15.6 Å². The molecule has 0 bridgehead atoms. The zero-order chi connectivity index (χ0) is 18.5. The summed E-state index contributed by atoms with van der Waals surface area (Å²) in [6.07, 6.45) is 11.0. The molecule has 2 atom stereocenters. The fourth-order valence-corrected chi connectivity index (χ4v) is 4.17. The van der Waals surface area contributed by atoms with Crippen molar-refractivity contribution >= 4 is 0 Å². The predicted molar refractivity (Wildman–Crippen MR) is 106 cm³/mol. The Morgan fingerprint density at radius 2 is 2.26 bits per heavy atom. The van der Waals surface area contributed by atoms with E-state index < -0.39 is 0 Å². The summed E-state index contributed by atoms with van der Waals surface area (Å²) in [6.45, 7) is 7.95. The molecule has 2 N–H and O–H groups in total. The van der Waals surface area contributed by atoms with Gasteiger partial charge in [-0.3, -0.25) is 4.90 Å². The van der Waals surface area contributed by atoms with E-state index in [1.54, 1.807) is 0 Å². The van der Waals surface area contributed by atoms with Gasteiger partial charge in [-0.1, -0.05) is 25.1 Å². The van der Waals surface area contributed by atoms with Gasteiger partial charge in [-0.05, 0) is 43.2 Å². The molecule has 0 radical (unpaired) electrons. The maximum absolute atomic E-state index is 5.13. The number of nitrogens with one attached hydrogen (secondary N) is 2. The van der Waals surface area contributed by atoms with E-state index >= 15 is 0 Å². The van der Waals surface area contributed by atoms with Crippen LogP contribution in [-0.4, -0.2) is 54.7 Å². The Hall–Kier alpha value is -1.86. The Morgan fingerprint density at radius 3 is 3.19 bits per heavy atom. The molecular formula is C21H30N4O2. The van der Waals surface area contributed by atoms with Crippen LogP contribution in [0, 0.1) is 0 Å². The minimum Gasteiger partial charge on any atom is -0.337 e. The molecule has 1 aromatic rings. The molecule has 1 saturated heterocycles. The van der Waals surface area contributed by atoms with E-state index in [2.05, 4.69) is 64.1 Å². The van der Waals surface area contributed by atoms with Gasteiger partial charge in [0.25, 0.3) is 0 Å². The monoisotopic (exact) mass is 370 g/mol. The van der Waals surface area contributed by atoms with Crippen LogP contribution >= 0.6 is 0 Å². The van der Waals surface area contributed by atoms with Gasteiger partial charge in [-0.2, -0.15) is 4.89 Å². The molecule has 1 aromatic carbocycles. The maximum Gasteiger partial charge on any atom is 0.171 e. The number of aryl methyl sites for hydroxylation is 1. The van der Waals surface area contributed by atoms with Crippen molar-refractivity contribution < 1.29 is 9.78 Å². The van der Waals surface area contributed by atoms with Gasteiger partial charge in [0.1, 0.15) is 6.61 Å². The Labute approximate surface area is 161 Å². The molecule has 0 aliphatic carbocycles. The Bertz CT molecular complexity index is 691. The minimum atomic E-state index is 0.358. The number of piperazine rings is 1. The standard InChI is InChI=1S/C21H30N4O2/c1-2-23-25-12-4-3-7-19(25)20-15-22-10-13-24(20)11-5-6-17-8-9-21-18(14-17)16-26-27-21/h3-4,7-9,12,14,19-20,22-23H,2,5-6,10-11,13,15-16H2,1H3. The molecule has 0 spiro atoms. The van der Waals surface area contributed by atoms with Crippen molar-refractivity contribution in [3.8, 4) is 5.75 Å². The lowest BCUT2D eigenvalue weighted by atomic mass is 10.0. The molecule has 3 aliphatic rings. The molecule has 6 nitrogen and oxygen atoms in total. The van der Waals surface area contributed by atoms with Gasteiger partial charge < -0.3 is 15.2 Å². The summed E-state index contributed by atoms with van der Waals surface area (Å²) in [4.78, 5) is 12.8. The summed E-state index contributed by atoms with van der Waals surface area (Å²) in [7, 11) is 0. The van der Waals surface area contributed by atoms with Crippen LogP contribution in [0.3, 0.4) is 0 Å². The normalized spacial score (nSPS) is 24.9. The Balaban J connectivity index is 1.35. The first-order valence-corrected chi connectivity index (χ1v) is 10.1. The second kappa shape index (κ2) is 8.89. The third-order valence-corrected chi connectivity index (χ3v) is 5.52. The molecule has 3 heterocycles. The molecule has 27 heavy (non-hydrogen) atoms. The molecule has 1 fully saturated rings. The topological polar surface area (TPSA) is 49.0 Å². The zero-order valence-electron chi connectivity index (χ0n) is 16.1. The second-order valence-electron chi connectivity index (χ2n) is 7.33. The first kappa shape index (κ1) is 18.5. The highest BCUT2D eigenvalue weighted by Crippen LogP contribution is 2.27. The highest BCUT2D eigenvalue weighted by molar-refractivity contribution is 5.37. The molecule has 0 aromatic heterocycles. The predicted octanol–water partition coefficient (Wildman–Crippen LogP) is 2.00. The van der Waals surface area contributed by atoms with Crippen molar-refractivity contribution in [2.24, 2.45) is 0 Å². The van der Waals surface area contributed by atoms with E-state index in [9.17, 15) is 0 Å². The van der Waals surface area contributed by atoms with Crippen LogP contribution in [0.5, 0.6) is 5.75 Å². The highest BCUT2D eigenvalue weighted by atomic mass is 17.2. The summed E-state index contributed by atoms with van der Waals surface area (Å²) in [6, 6.07) is 7.24. The van der Waals surface area contributed by atoms with E-state index in [0.717, 1.165) is 56.9 Å². The number of hydrazine groups is 1. The van der Waals surface area contributed by atoms with Crippen LogP contribution in [0.4, 0.5) is 0 Å². The number of hydrogen-bond acceptors (Lipinski definition) is 6. The first-order chi connectivity index (χ1) is 13.3. The number of allylic oxidation sites excluding steroid dienone is 2. The van der Waals surface area contributed by atoms with Gasteiger partial charge in [0, 0.05) is 44.0 Å². The third-order valence-electron chi connectivity index (χ3n) is 5.52. The van der Waals surface area contributed by atoms with Crippen molar-refractivity contribution in [1.29, 1.82) is 0 Å². The molecule has 4 rings (SSSR count). The SMILES string of the molecule is CCNN1C=CC=CC1C1CNCCN1CCCc1ccc2c(c1)COO2. The van der Waals surface area contributed by atoms with Gasteiger partial charge in [-0.15, -0.1) is 0 Å². The van der Waals surface area contributed by atoms with Gasteiger partial charge in [0.05, 0.1) is 6.04 Å². The van der Waals surface area contributed by atoms with Crippen molar-refractivity contribution in [3.05, 3.63) is 53.8 Å². The smallest absolute Gasteiger partial charge is 0.171 e. The molecular weight excluding hydrogens is 340 g/mol. The van der Waals surface area contributed by atoms with Crippen LogP contribution in [0.1, 0.15) is 24.5 Å². The fraction of sp³-hybridized carbons (Fsp3) is 0.524. The van der Waals surface area contributed by atoms with Gasteiger partial charge in [0.2, 0.25) is 0 Å². The molecule has 146 valence electrons.